The molecule has 0 radical (unpaired) electrons. The summed E-state index contributed by atoms with van der Waals surface area (Å²) in [6.07, 6.45) is 0. The fourth-order valence-electron chi connectivity index (χ4n) is 3.56. The lowest BCUT2D eigenvalue weighted by Gasteiger charge is -2.18. The number of guanidine groups is 1. The first-order valence-corrected chi connectivity index (χ1v) is 10.4. The van der Waals surface area contributed by atoms with Gasteiger partial charge in [0.05, 0.1) is 44.8 Å². The second kappa shape index (κ2) is 12.3. The molecule has 8 nitrogen and oxygen atoms in total. The molecule has 0 aliphatic heterocycles. The Balaban J connectivity index is 0.00000385. The molecule has 0 aliphatic carbocycles. The molecule has 2 N–H and O–H groups in total. The molecule has 0 unspecified atom stereocenters. The van der Waals surface area contributed by atoms with Crippen molar-refractivity contribution in [2.75, 3.05) is 28.4 Å². The Morgan fingerprint density at radius 2 is 1.58 bits per heavy atom. The number of rotatable bonds is 8. The molecule has 0 fully saturated rings. The van der Waals surface area contributed by atoms with Crippen molar-refractivity contribution >= 4 is 29.9 Å². The van der Waals surface area contributed by atoms with Crippen molar-refractivity contribution in [2.24, 2.45) is 4.99 Å². The van der Waals surface area contributed by atoms with Gasteiger partial charge in [-0.3, -0.25) is 4.99 Å². The Morgan fingerprint density at radius 3 is 2.12 bits per heavy atom. The molecule has 3 aromatic rings. The van der Waals surface area contributed by atoms with Crippen LogP contribution in [0.2, 0.25) is 0 Å². The number of aliphatic imine (C=N–C) groups is 1. The Hall–Kier alpha value is -2.95. The molecule has 0 spiro atoms. The third-order valence-corrected chi connectivity index (χ3v) is 5.15. The Labute approximate surface area is 212 Å². The van der Waals surface area contributed by atoms with Crippen LogP contribution in [0.15, 0.2) is 47.5 Å². The lowest BCUT2D eigenvalue weighted by molar-refractivity contribution is 0.368. The lowest BCUT2D eigenvalue weighted by Crippen LogP contribution is -2.36. The normalized spacial score (nSPS) is 10.9. The molecule has 178 valence electrons. The first-order valence-electron chi connectivity index (χ1n) is 10.4. The summed E-state index contributed by atoms with van der Waals surface area (Å²) in [5.41, 5.74) is 5.11. The SMILES string of the molecule is CN=C(NCc1ccccc1-n1nc(C)cc1C)NCc1c(OC)cc(OC)cc1OC.I. The molecule has 0 bridgehead atoms. The molecular formula is C24H32IN5O3. The van der Waals surface area contributed by atoms with E-state index in [-0.39, 0.29) is 24.0 Å². The van der Waals surface area contributed by atoms with Gasteiger partial charge in [-0.1, -0.05) is 18.2 Å². The highest BCUT2D eigenvalue weighted by molar-refractivity contribution is 14.0. The van der Waals surface area contributed by atoms with E-state index in [2.05, 4.69) is 45.8 Å². The minimum absolute atomic E-state index is 0. The average Bonchev–Trinajstić information content (AvgIpc) is 3.16. The van der Waals surface area contributed by atoms with Gasteiger partial charge in [0.1, 0.15) is 17.2 Å². The van der Waals surface area contributed by atoms with Gasteiger partial charge in [-0.05, 0) is 31.5 Å². The number of aryl methyl sites for hydroxylation is 2. The molecule has 1 aromatic heterocycles. The topological polar surface area (TPSA) is 81.9 Å². The van der Waals surface area contributed by atoms with Crippen LogP contribution in [0.3, 0.4) is 0 Å². The zero-order valence-corrected chi connectivity index (χ0v) is 22.3. The molecule has 0 saturated carbocycles. The monoisotopic (exact) mass is 565 g/mol. The van der Waals surface area contributed by atoms with Gasteiger partial charge < -0.3 is 24.8 Å². The molecule has 0 aliphatic rings. The van der Waals surface area contributed by atoms with Gasteiger partial charge in [-0.2, -0.15) is 5.10 Å². The maximum atomic E-state index is 5.53. The highest BCUT2D eigenvalue weighted by Crippen LogP contribution is 2.33. The number of nitrogens with one attached hydrogen (secondary N) is 2. The second-order valence-corrected chi connectivity index (χ2v) is 7.26. The fourth-order valence-corrected chi connectivity index (χ4v) is 3.56. The fraction of sp³-hybridized carbons (Fsp3) is 0.333. The summed E-state index contributed by atoms with van der Waals surface area (Å²) in [6.45, 7) is 5.11. The van der Waals surface area contributed by atoms with Crippen molar-refractivity contribution in [1.82, 2.24) is 20.4 Å². The van der Waals surface area contributed by atoms with Crippen molar-refractivity contribution in [1.29, 1.82) is 0 Å². The van der Waals surface area contributed by atoms with Crippen LogP contribution in [0.1, 0.15) is 22.5 Å². The van der Waals surface area contributed by atoms with E-state index in [1.54, 1.807) is 28.4 Å². The van der Waals surface area contributed by atoms with E-state index in [1.807, 2.05) is 35.9 Å². The summed E-state index contributed by atoms with van der Waals surface area (Å²) in [5.74, 6) is 2.69. The van der Waals surface area contributed by atoms with Crippen molar-refractivity contribution < 1.29 is 14.2 Å². The summed E-state index contributed by atoms with van der Waals surface area (Å²) in [5, 5.41) is 11.3. The van der Waals surface area contributed by atoms with Crippen LogP contribution >= 0.6 is 24.0 Å². The number of halogens is 1. The maximum Gasteiger partial charge on any atom is 0.191 e. The minimum atomic E-state index is 0. The summed E-state index contributed by atoms with van der Waals surface area (Å²) >= 11 is 0. The van der Waals surface area contributed by atoms with E-state index in [9.17, 15) is 0 Å². The van der Waals surface area contributed by atoms with E-state index in [4.69, 9.17) is 14.2 Å². The van der Waals surface area contributed by atoms with Crippen LogP contribution in [0.4, 0.5) is 0 Å². The molecule has 33 heavy (non-hydrogen) atoms. The number of methoxy groups -OCH3 is 3. The standard InChI is InChI=1S/C24H31N5O3.HI/c1-16-11-17(2)29(28-16)21-10-8-7-9-18(21)14-26-24(25-3)27-15-20-22(31-5)12-19(30-4)13-23(20)32-6;/h7-13H,14-15H2,1-6H3,(H2,25,26,27);1H. The van der Waals surface area contributed by atoms with Gasteiger partial charge in [0.25, 0.3) is 0 Å². The van der Waals surface area contributed by atoms with Crippen molar-refractivity contribution in [3.05, 3.63) is 65.0 Å². The number of hydrogen-bond donors (Lipinski definition) is 2. The Morgan fingerprint density at radius 1 is 0.939 bits per heavy atom. The van der Waals surface area contributed by atoms with Gasteiger partial charge in [0, 0.05) is 31.4 Å². The summed E-state index contributed by atoms with van der Waals surface area (Å²) in [4.78, 5) is 4.35. The van der Waals surface area contributed by atoms with Crippen molar-refractivity contribution in [2.45, 2.75) is 26.9 Å². The van der Waals surface area contributed by atoms with Crippen molar-refractivity contribution in [3.63, 3.8) is 0 Å². The van der Waals surface area contributed by atoms with Gasteiger partial charge >= 0.3 is 0 Å². The predicted molar refractivity (Wildman–Crippen MR) is 142 cm³/mol. The molecule has 0 amide bonds. The Bertz CT molecular complexity index is 1070. The van der Waals surface area contributed by atoms with Crippen LogP contribution in [0.25, 0.3) is 5.69 Å². The number of ether oxygens (including phenoxy) is 3. The van der Waals surface area contributed by atoms with Crippen LogP contribution in [-0.4, -0.2) is 44.1 Å². The Kier molecular flexibility index (Phi) is 9.83. The predicted octanol–water partition coefficient (Wildman–Crippen LogP) is 4.00. The van der Waals surface area contributed by atoms with E-state index in [0.717, 1.165) is 28.2 Å². The van der Waals surface area contributed by atoms with Gasteiger partial charge in [0.2, 0.25) is 0 Å². The molecule has 9 heteroatoms. The van der Waals surface area contributed by atoms with E-state index in [1.165, 1.54) is 0 Å². The lowest BCUT2D eigenvalue weighted by atomic mass is 10.1. The number of nitrogens with zero attached hydrogens (tertiary/aromatic N) is 3. The highest BCUT2D eigenvalue weighted by atomic mass is 127. The molecular weight excluding hydrogens is 533 g/mol. The highest BCUT2D eigenvalue weighted by Gasteiger charge is 2.14. The minimum Gasteiger partial charge on any atom is -0.496 e. The molecule has 0 atom stereocenters. The van der Waals surface area contributed by atoms with E-state index in [0.29, 0.717) is 36.3 Å². The molecule has 3 rings (SSSR count). The molecule has 1 heterocycles. The first kappa shape index (κ1) is 26.3. The van der Waals surface area contributed by atoms with Gasteiger partial charge in [-0.15, -0.1) is 24.0 Å². The van der Waals surface area contributed by atoms with Crippen LogP contribution in [0, 0.1) is 13.8 Å². The number of hydrogen-bond acceptors (Lipinski definition) is 5. The summed E-state index contributed by atoms with van der Waals surface area (Å²) < 4.78 is 18.4. The smallest absolute Gasteiger partial charge is 0.191 e. The van der Waals surface area contributed by atoms with E-state index >= 15 is 0 Å². The zero-order chi connectivity index (χ0) is 23.1. The van der Waals surface area contributed by atoms with E-state index < -0.39 is 0 Å². The largest absolute Gasteiger partial charge is 0.496 e. The van der Waals surface area contributed by atoms with Crippen molar-refractivity contribution in [3.8, 4) is 22.9 Å². The first-order chi connectivity index (χ1) is 15.5. The zero-order valence-electron chi connectivity index (χ0n) is 19.9. The maximum absolute atomic E-state index is 5.53. The quantitative estimate of drug-likeness (QED) is 0.244. The van der Waals surface area contributed by atoms with Crippen LogP contribution in [-0.2, 0) is 13.1 Å². The summed E-state index contributed by atoms with van der Waals surface area (Å²) in [6, 6.07) is 13.9. The summed E-state index contributed by atoms with van der Waals surface area (Å²) in [7, 11) is 6.61. The molecule has 0 saturated heterocycles. The second-order valence-electron chi connectivity index (χ2n) is 7.26. The van der Waals surface area contributed by atoms with Crippen LogP contribution < -0.4 is 24.8 Å². The van der Waals surface area contributed by atoms with Gasteiger partial charge in [-0.25, -0.2) is 4.68 Å². The van der Waals surface area contributed by atoms with Gasteiger partial charge in [0.15, 0.2) is 5.96 Å². The third kappa shape index (κ3) is 6.31. The number of para-hydroxylation sites is 1. The molecule has 2 aromatic carbocycles. The van der Waals surface area contributed by atoms with Crippen LogP contribution in [0.5, 0.6) is 17.2 Å². The average molecular weight is 565 g/mol. The third-order valence-electron chi connectivity index (χ3n) is 5.15. The number of benzene rings is 2. The number of aromatic nitrogens is 2.